The number of nitrogens with one attached hydrogen (secondary N) is 1. The van der Waals surface area contributed by atoms with Crippen molar-refractivity contribution in [2.75, 3.05) is 5.32 Å². The summed E-state index contributed by atoms with van der Waals surface area (Å²) < 4.78 is 5.20. The number of pyridine rings is 2. The summed E-state index contributed by atoms with van der Waals surface area (Å²) in [6, 6.07) is 6.77. The van der Waals surface area contributed by atoms with Crippen LogP contribution in [0.5, 0.6) is 0 Å². The molecule has 0 aliphatic carbocycles. The normalized spacial score (nSPS) is 10.9. The standard InChI is InChI=1S/C17H19N3O3/c1-17(2,3)23-16(22)20-15-13(5-4-8-19-15)11-14(21)12-6-9-18-10-7-12/h4-10H,11H2,1-3H3,(H,19,20,22). The number of hydrogen-bond acceptors (Lipinski definition) is 5. The molecule has 1 N–H and O–H groups in total. The first kappa shape index (κ1) is 16.6. The Labute approximate surface area is 134 Å². The number of hydrogen-bond donors (Lipinski definition) is 1. The molecule has 0 aliphatic rings. The monoisotopic (exact) mass is 313 g/mol. The van der Waals surface area contributed by atoms with Gasteiger partial charge in [0.1, 0.15) is 11.4 Å². The maximum absolute atomic E-state index is 12.3. The van der Waals surface area contributed by atoms with Crippen LogP contribution in [0.15, 0.2) is 42.9 Å². The van der Waals surface area contributed by atoms with Crippen molar-refractivity contribution in [3.63, 3.8) is 0 Å². The molecular weight excluding hydrogens is 294 g/mol. The summed E-state index contributed by atoms with van der Waals surface area (Å²) in [6.07, 6.45) is 4.21. The van der Waals surface area contributed by atoms with Gasteiger partial charge < -0.3 is 4.74 Å². The number of carbonyl (C=O) groups excluding carboxylic acids is 2. The topological polar surface area (TPSA) is 81.2 Å². The number of ether oxygens (including phenoxy) is 1. The number of amides is 1. The van der Waals surface area contributed by atoms with E-state index < -0.39 is 11.7 Å². The maximum Gasteiger partial charge on any atom is 0.413 e. The molecule has 0 atom stereocenters. The lowest BCUT2D eigenvalue weighted by Gasteiger charge is -2.20. The van der Waals surface area contributed by atoms with Gasteiger partial charge in [-0.05, 0) is 39.0 Å². The molecular formula is C17H19N3O3. The quantitative estimate of drug-likeness (QED) is 0.876. The molecule has 120 valence electrons. The number of ketones is 1. The Bertz CT molecular complexity index is 694. The molecule has 0 spiro atoms. The van der Waals surface area contributed by atoms with Crippen molar-refractivity contribution in [3.8, 4) is 0 Å². The molecule has 0 saturated heterocycles. The molecule has 6 heteroatoms. The van der Waals surface area contributed by atoms with Gasteiger partial charge in [-0.15, -0.1) is 0 Å². The van der Waals surface area contributed by atoms with Gasteiger partial charge in [-0.25, -0.2) is 9.78 Å². The largest absolute Gasteiger partial charge is 0.444 e. The number of Topliss-reactive ketones (excluding diaryl/α,β-unsaturated/α-hetero) is 1. The van der Waals surface area contributed by atoms with E-state index in [1.54, 1.807) is 63.6 Å². The Morgan fingerprint density at radius 1 is 1.13 bits per heavy atom. The van der Waals surface area contributed by atoms with Crippen LogP contribution in [0, 0.1) is 0 Å². The fourth-order valence-corrected chi connectivity index (χ4v) is 1.91. The van der Waals surface area contributed by atoms with Crippen LogP contribution in [-0.4, -0.2) is 27.4 Å². The first-order valence-electron chi connectivity index (χ1n) is 7.22. The van der Waals surface area contributed by atoms with Gasteiger partial charge in [0.15, 0.2) is 5.78 Å². The number of anilines is 1. The predicted molar refractivity (Wildman–Crippen MR) is 86.4 cm³/mol. The van der Waals surface area contributed by atoms with Gasteiger partial charge in [-0.1, -0.05) is 6.07 Å². The summed E-state index contributed by atoms with van der Waals surface area (Å²) in [5.41, 5.74) is 0.582. The van der Waals surface area contributed by atoms with E-state index in [0.29, 0.717) is 16.9 Å². The van der Waals surface area contributed by atoms with E-state index in [1.165, 1.54) is 0 Å². The van der Waals surface area contributed by atoms with Gasteiger partial charge in [0.25, 0.3) is 0 Å². The number of carbonyl (C=O) groups is 2. The molecule has 0 bridgehead atoms. The van der Waals surface area contributed by atoms with Crippen LogP contribution in [-0.2, 0) is 11.2 Å². The fourth-order valence-electron chi connectivity index (χ4n) is 1.91. The lowest BCUT2D eigenvalue weighted by atomic mass is 10.0. The lowest BCUT2D eigenvalue weighted by Crippen LogP contribution is -2.28. The second-order valence-electron chi connectivity index (χ2n) is 5.97. The lowest BCUT2D eigenvalue weighted by molar-refractivity contribution is 0.0634. The van der Waals surface area contributed by atoms with Crippen molar-refractivity contribution < 1.29 is 14.3 Å². The van der Waals surface area contributed by atoms with Crippen LogP contribution in [0.1, 0.15) is 36.7 Å². The van der Waals surface area contributed by atoms with Crippen LogP contribution >= 0.6 is 0 Å². The predicted octanol–water partition coefficient (Wildman–Crippen LogP) is 3.25. The molecule has 0 fully saturated rings. The molecule has 2 aromatic heterocycles. The van der Waals surface area contributed by atoms with Gasteiger partial charge in [0, 0.05) is 36.1 Å². The molecule has 0 radical (unpaired) electrons. The Kier molecular flexibility index (Phi) is 5.05. The van der Waals surface area contributed by atoms with E-state index >= 15 is 0 Å². The molecule has 0 aliphatic heterocycles. The highest BCUT2D eigenvalue weighted by atomic mass is 16.6. The SMILES string of the molecule is CC(C)(C)OC(=O)Nc1ncccc1CC(=O)c1ccncc1. The third kappa shape index (κ3) is 5.18. The molecule has 6 nitrogen and oxygen atoms in total. The van der Waals surface area contributed by atoms with Crippen LogP contribution in [0.2, 0.25) is 0 Å². The van der Waals surface area contributed by atoms with Gasteiger partial charge >= 0.3 is 6.09 Å². The Morgan fingerprint density at radius 3 is 2.48 bits per heavy atom. The minimum Gasteiger partial charge on any atom is -0.444 e. The van der Waals surface area contributed by atoms with Crippen LogP contribution < -0.4 is 5.32 Å². The van der Waals surface area contributed by atoms with E-state index in [0.717, 1.165) is 0 Å². The van der Waals surface area contributed by atoms with Crippen LogP contribution in [0.4, 0.5) is 10.6 Å². The van der Waals surface area contributed by atoms with Crippen molar-refractivity contribution in [2.45, 2.75) is 32.8 Å². The minimum atomic E-state index is -0.605. The summed E-state index contributed by atoms with van der Waals surface area (Å²) in [5, 5.41) is 2.59. The van der Waals surface area contributed by atoms with Crippen molar-refractivity contribution in [2.24, 2.45) is 0 Å². The van der Waals surface area contributed by atoms with Gasteiger partial charge in [0.2, 0.25) is 0 Å². The maximum atomic E-state index is 12.3. The van der Waals surface area contributed by atoms with E-state index in [4.69, 9.17) is 4.74 Å². The van der Waals surface area contributed by atoms with Gasteiger partial charge in [-0.2, -0.15) is 0 Å². The molecule has 0 saturated carbocycles. The summed E-state index contributed by atoms with van der Waals surface area (Å²) in [4.78, 5) is 32.2. The smallest absolute Gasteiger partial charge is 0.413 e. The van der Waals surface area contributed by atoms with Crippen molar-refractivity contribution in [1.29, 1.82) is 0 Å². The van der Waals surface area contributed by atoms with Crippen molar-refractivity contribution >= 4 is 17.7 Å². The highest BCUT2D eigenvalue weighted by Crippen LogP contribution is 2.16. The van der Waals surface area contributed by atoms with E-state index in [9.17, 15) is 9.59 Å². The van der Waals surface area contributed by atoms with Crippen molar-refractivity contribution in [3.05, 3.63) is 54.0 Å². The molecule has 23 heavy (non-hydrogen) atoms. The first-order valence-corrected chi connectivity index (χ1v) is 7.22. The van der Waals surface area contributed by atoms with Crippen LogP contribution in [0.3, 0.4) is 0 Å². The third-order valence-corrected chi connectivity index (χ3v) is 2.86. The number of rotatable bonds is 4. The van der Waals surface area contributed by atoms with E-state index in [1.807, 2.05) is 0 Å². The zero-order valence-electron chi connectivity index (χ0n) is 13.4. The average molecular weight is 313 g/mol. The molecule has 2 rings (SSSR count). The van der Waals surface area contributed by atoms with Gasteiger partial charge in [-0.3, -0.25) is 15.1 Å². The molecule has 2 aromatic rings. The second kappa shape index (κ2) is 7.00. The Hall–Kier alpha value is -2.76. The Balaban J connectivity index is 2.12. The number of nitrogens with zero attached hydrogens (tertiary/aromatic N) is 2. The Morgan fingerprint density at radius 2 is 1.83 bits per heavy atom. The number of aromatic nitrogens is 2. The van der Waals surface area contributed by atoms with Crippen LogP contribution in [0.25, 0.3) is 0 Å². The molecule has 0 unspecified atom stereocenters. The summed E-state index contributed by atoms with van der Waals surface area (Å²) in [6.45, 7) is 5.33. The highest BCUT2D eigenvalue weighted by molar-refractivity contribution is 5.98. The molecule has 1 amide bonds. The summed E-state index contributed by atoms with van der Waals surface area (Å²) in [5.74, 6) is 0.247. The minimum absolute atomic E-state index is 0.0763. The fraction of sp³-hybridized carbons (Fsp3) is 0.294. The van der Waals surface area contributed by atoms with Gasteiger partial charge in [0.05, 0.1) is 0 Å². The summed E-state index contributed by atoms with van der Waals surface area (Å²) >= 11 is 0. The average Bonchev–Trinajstić information content (AvgIpc) is 2.48. The third-order valence-electron chi connectivity index (χ3n) is 2.86. The first-order chi connectivity index (χ1) is 10.8. The second-order valence-corrected chi connectivity index (χ2v) is 5.97. The zero-order valence-corrected chi connectivity index (χ0v) is 13.4. The van der Waals surface area contributed by atoms with E-state index in [2.05, 4.69) is 15.3 Å². The molecule has 0 aromatic carbocycles. The highest BCUT2D eigenvalue weighted by Gasteiger charge is 2.18. The van der Waals surface area contributed by atoms with E-state index in [-0.39, 0.29) is 12.2 Å². The summed E-state index contributed by atoms with van der Waals surface area (Å²) in [7, 11) is 0. The van der Waals surface area contributed by atoms with Crippen molar-refractivity contribution in [1.82, 2.24) is 9.97 Å². The zero-order chi connectivity index (χ0) is 16.9. The molecule has 2 heterocycles.